The van der Waals surface area contributed by atoms with Gasteiger partial charge in [0.15, 0.2) is 4.84 Å². The third-order valence-corrected chi connectivity index (χ3v) is 2.81. The molecule has 2 N–H and O–H groups in total. The summed E-state index contributed by atoms with van der Waals surface area (Å²) in [6.45, 7) is 2.08. The zero-order chi connectivity index (χ0) is 10.6. The van der Waals surface area contributed by atoms with Crippen molar-refractivity contribution in [1.29, 1.82) is 0 Å². The second kappa shape index (κ2) is 5.98. The number of ether oxygens (including phenoxy) is 1. The molecule has 14 heavy (non-hydrogen) atoms. The average molecular weight is 262 g/mol. The predicted molar refractivity (Wildman–Crippen MR) is 55.9 cm³/mol. The molecular weight excluding hydrogens is 250 g/mol. The van der Waals surface area contributed by atoms with Gasteiger partial charge >= 0.3 is 5.97 Å². The number of alkyl halides is 3. The Balaban J connectivity index is 2.33. The van der Waals surface area contributed by atoms with E-state index in [-0.39, 0.29) is 6.04 Å². The van der Waals surface area contributed by atoms with Gasteiger partial charge in [0, 0.05) is 19.6 Å². The minimum absolute atomic E-state index is 0.378. The Bertz CT molecular complexity index is 197. The van der Waals surface area contributed by atoms with Crippen LogP contribution in [0.4, 0.5) is 0 Å². The predicted octanol–water partition coefficient (Wildman–Crippen LogP) is 0.460. The summed E-state index contributed by atoms with van der Waals surface area (Å²) in [5, 5.41) is 6.03. The highest BCUT2D eigenvalue weighted by atomic mass is 35.5. The summed E-state index contributed by atoms with van der Waals surface area (Å²) in [6, 6.07) is -0.378. The van der Waals surface area contributed by atoms with E-state index in [0.29, 0.717) is 6.54 Å². The first-order valence-corrected chi connectivity index (χ1v) is 5.49. The molecule has 82 valence electrons. The second-order valence-corrected chi connectivity index (χ2v) is 4.43. The first-order chi connectivity index (χ1) is 6.61. The van der Waals surface area contributed by atoms with Gasteiger partial charge in [0.25, 0.3) is 0 Å². The van der Waals surface area contributed by atoms with Gasteiger partial charge in [-0.25, -0.2) is 0 Å². The summed E-state index contributed by atoms with van der Waals surface area (Å²) in [6.07, 6.45) is 0. The molecule has 7 heteroatoms. The van der Waals surface area contributed by atoms with E-state index in [2.05, 4.69) is 10.6 Å². The zero-order valence-electron chi connectivity index (χ0n) is 7.30. The lowest BCUT2D eigenvalue weighted by molar-refractivity contribution is -0.147. The maximum Gasteiger partial charge on any atom is 0.326 e. The van der Waals surface area contributed by atoms with E-state index in [9.17, 15) is 4.79 Å². The summed E-state index contributed by atoms with van der Waals surface area (Å²) < 4.78 is 4.81. The summed E-state index contributed by atoms with van der Waals surface area (Å²) in [7, 11) is 0. The highest BCUT2D eigenvalue weighted by molar-refractivity contribution is 6.48. The molecule has 0 spiro atoms. The molecule has 0 bridgehead atoms. The summed E-state index contributed by atoms with van der Waals surface area (Å²) in [5.41, 5.74) is -1.01. The van der Waals surface area contributed by atoms with E-state index in [1.165, 1.54) is 0 Å². The van der Waals surface area contributed by atoms with E-state index in [0.717, 1.165) is 13.1 Å². The van der Waals surface area contributed by atoms with Crippen LogP contribution in [0.1, 0.15) is 0 Å². The normalized spacial score (nSPS) is 24.7. The van der Waals surface area contributed by atoms with Crippen LogP contribution < -0.4 is 10.6 Å². The van der Waals surface area contributed by atoms with E-state index < -0.39 is 16.4 Å². The first kappa shape index (κ1) is 12.3. The Morgan fingerprint density at radius 3 is 2.57 bits per heavy atom. The zero-order valence-corrected chi connectivity index (χ0v) is 9.57. The molecule has 1 saturated heterocycles. The monoisotopic (exact) mass is 260 g/mol. The smallest absolute Gasteiger partial charge is 0.326 e. The van der Waals surface area contributed by atoms with Crippen molar-refractivity contribution in [2.24, 2.45) is 0 Å². The fourth-order valence-corrected chi connectivity index (χ4v) is 1.26. The molecule has 2 atom stereocenters. The van der Waals surface area contributed by atoms with Crippen LogP contribution in [0.3, 0.4) is 0 Å². The van der Waals surface area contributed by atoms with Crippen LogP contribution in [0.2, 0.25) is 0 Å². The molecule has 0 aliphatic carbocycles. The topological polar surface area (TPSA) is 50.4 Å². The van der Waals surface area contributed by atoms with Crippen LogP contribution >= 0.6 is 34.8 Å². The lowest BCUT2D eigenvalue weighted by Gasteiger charge is -2.24. The molecule has 1 rings (SSSR count). The molecule has 0 aromatic heterocycles. The molecule has 0 aromatic rings. The Hall–Kier alpha value is 0.260. The molecule has 4 nitrogen and oxygen atoms in total. The average Bonchev–Trinajstić information content (AvgIpc) is 2.19. The van der Waals surface area contributed by atoms with Crippen LogP contribution in [-0.4, -0.2) is 42.0 Å². The van der Waals surface area contributed by atoms with Gasteiger partial charge in [0.1, 0.15) is 6.04 Å². The van der Waals surface area contributed by atoms with Crippen LogP contribution in [0.25, 0.3) is 0 Å². The van der Waals surface area contributed by atoms with Crippen LogP contribution in [0.5, 0.6) is 0 Å². The van der Waals surface area contributed by atoms with Gasteiger partial charge in [0.05, 0.1) is 0 Å². The lowest BCUT2D eigenvalue weighted by Crippen LogP contribution is -2.53. The molecule has 0 saturated carbocycles. The quantitative estimate of drug-likeness (QED) is 0.572. The fourth-order valence-electron chi connectivity index (χ4n) is 1.06. The van der Waals surface area contributed by atoms with Crippen molar-refractivity contribution in [2.45, 2.75) is 16.4 Å². The van der Waals surface area contributed by atoms with Gasteiger partial charge in [-0.15, -0.1) is 0 Å². The minimum Gasteiger partial charge on any atom is -0.442 e. The first-order valence-electron chi connectivity index (χ1n) is 4.18. The number of piperazine rings is 1. The van der Waals surface area contributed by atoms with E-state index in [4.69, 9.17) is 39.5 Å². The van der Waals surface area contributed by atoms with Gasteiger partial charge in [-0.2, -0.15) is 0 Å². The van der Waals surface area contributed by atoms with Crippen molar-refractivity contribution in [1.82, 2.24) is 10.6 Å². The van der Waals surface area contributed by atoms with Crippen molar-refractivity contribution >= 4 is 40.8 Å². The van der Waals surface area contributed by atoms with Crippen molar-refractivity contribution < 1.29 is 9.53 Å². The van der Waals surface area contributed by atoms with Crippen LogP contribution in [0, 0.1) is 0 Å². The standard InChI is InChI=1S/C7H11Cl3N2O2/c8-5(9)6(10)14-7(13)4-3-11-1-2-12-4/h4-6,11-12H,1-3H2. The lowest BCUT2D eigenvalue weighted by atomic mass is 10.2. The van der Waals surface area contributed by atoms with Crippen molar-refractivity contribution in [2.75, 3.05) is 19.6 Å². The van der Waals surface area contributed by atoms with E-state index in [1.54, 1.807) is 0 Å². The summed E-state index contributed by atoms with van der Waals surface area (Å²) in [4.78, 5) is 10.5. The Morgan fingerprint density at radius 2 is 2.07 bits per heavy atom. The molecule has 1 fully saturated rings. The van der Waals surface area contributed by atoms with Gasteiger partial charge in [-0.05, 0) is 0 Å². The van der Waals surface area contributed by atoms with E-state index in [1.807, 2.05) is 0 Å². The Labute approximate surface area is 97.2 Å². The highest BCUT2D eigenvalue weighted by Gasteiger charge is 2.26. The second-order valence-electron chi connectivity index (χ2n) is 2.83. The van der Waals surface area contributed by atoms with Crippen LogP contribution in [0.15, 0.2) is 0 Å². The number of halogens is 3. The molecule has 2 unspecified atom stereocenters. The largest absolute Gasteiger partial charge is 0.442 e. The van der Waals surface area contributed by atoms with Crippen LogP contribution in [-0.2, 0) is 9.53 Å². The molecule has 0 aromatic carbocycles. The maximum atomic E-state index is 11.4. The van der Waals surface area contributed by atoms with Gasteiger partial charge < -0.3 is 15.4 Å². The van der Waals surface area contributed by atoms with Crippen molar-refractivity contribution in [3.8, 4) is 0 Å². The molecule has 1 heterocycles. The number of esters is 1. The number of nitrogens with one attached hydrogen (secondary N) is 2. The number of hydrogen-bond donors (Lipinski definition) is 2. The van der Waals surface area contributed by atoms with Crippen molar-refractivity contribution in [3.63, 3.8) is 0 Å². The Kier molecular flexibility index (Phi) is 5.26. The van der Waals surface area contributed by atoms with E-state index >= 15 is 0 Å². The third kappa shape index (κ3) is 3.79. The Morgan fingerprint density at radius 1 is 1.36 bits per heavy atom. The maximum absolute atomic E-state index is 11.4. The molecule has 0 radical (unpaired) electrons. The van der Waals surface area contributed by atoms with Gasteiger partial charge in [0.2, 0.25) is 5.56 Å². The fraction of sp³-hybridized carbons (Fsp3) is 0.857. The third-order valence-electron chi connectivity index (χ3n) is 1.75. The number of hydrogen-bond acceptors (Lipinski definition) is 4. The van der Waals surface area contributed by atoms with Crippen molar-refractivity contribution in [3.05, 3.63) is 0 Å². The summed E-state index contributed by atoms with van der Waals surface area (Å²) in [5.74, 6) is -0.441. The van der Waals surface area contributed by atoms with Gasteiger partial charge in [-0.1, -0.05) is 34.8 Å². The van der Waals surface area contributed by atoms with Gasteiger partial charge in [-0.3, -0.25) is 4.79 Å². The number of carbonyl (C=O) groups excluding carboxylic acids is 1. The summed E-state index contributed by atoms with van der Waals surface area (Å²) >= 11 is 16.4. The molecule has 1 aliphatic rings. The minimum atomic E-state index is -1.01. The molecular formula is C7H11Cl3N2O2. The molecule has 0 amide bonds. The molecule has 1 aliphatic heterocycles. The highest BCUT2D eigenvalue weighted by Crippen LogP contribution is 2.15. The SMILES string of the molecule is O=C(OC(Cl)C(Cl)Cl)C1CNCCN1. The number of carbonyl (C=O) groups is 1. The number of rotatable bonds is 3.